The van der Waals surface area contributed by atoms with Crippen molar-refractivity contribution in [3.63, 3.8) is 0 Å². The van der Waals surface area contributed by atoms with Crippen LogP contribution in [0.25, 0.3) is 0 Å². The number of rotatable bonds is 6. The normalized spacial score (nSPS) is 18.2. The molecule has 1 saturated heterocycles. The molecule has 3 nitrogen and oxygen atoms in total. The molecule has 0 aliphatic carbocycles. The Morgan fingerprint density at radius 2 is 2.15 bits per heavy atom. The standard InChI is InChI=1S/C16H23FN2O/c1-2-10-19(12-15-4-3-9-18-15)16(20)11-13-5-7-14(17)8-6-13/h5-8,15,18H,2-4,9-12H2,1H3. The van der Waals surface area contributed by atoms with Crippen molar-refractivity contribution in [2.45, 2.75) is 38.6 Å². The van der Waals surface area contributed by atoms with Crippen LogP contribution in [0.4, 0.5) is 4.39 Å². The van der Waals surface area contributed by atoms with Gasteiger partial charge in [-0.05, 0) is 43.5 Å². The number of carbonyl (C=O) groups excluding carboxylic acids is 1. The van der Waals surface area contributed by atoms with Crippen molar-refractivity contribution < 1.29 is 9.18 Å². The van der Waals surface area contributed by atoms with Gasteiger partial charge in [0.2, 0.25) is 5.91 Å². The maximum absolute atomic E-state index is 12.9. The van der Waals surface area contributed by atoms with Crippen LogP contribution in [0.15, 0.2) is 24.3 Å². The Morgan fingerprint density at radius 3 is 2.75 bits per heavy atom. The second kappa shape index (κ2) is 7.39. The smallest absolute Gasteiger partial charge is 0.227 e. The second-order valence-corrected chi connectivity index (χ2v) is 5.44. The number of halogens is 1. The van der Waals surface area contributed by atoms with E-state index in [0.29, 0.717) is 12.5 Å². The van der Waals surface area contributed by atoms with Crippen LogP contribution in [0, 0.1) is 5.82 Å². The molecule has 1 N–H and O–H groups in total. The van der Waals surface area contributed by atoms with Crippen LogP contribution >= 0.6 is 0 Å². The zero-order valence-corrected chi connectivity index (χ0v) is 12.1. The molecular weight excluding hydrogens is 255 g/mol. The van der Waals surface area contributed by atoms with E-state index in [1.165, 1.54) is 18.6 Å². The first-order valence-corrected chi connectivity index (χ1v) is 7.44. The summed E-state index contributed by atoms with van der Waals surface area (Å²) < 4.78 is 12.9. The van der Waals surface area contributed by atoms with Gasteiger partial charge in [-0.2, -0.15) is 0 Å². The lowest BCUT2D eigenvalue weighted by atomic mass is 10.1. The summed E-state index contributed by atoms with van der Waals surface area (Å²) in [6.45, 7) is 4.71. The van der Waals surface area contributed by atoms with E-state index in [0.717, 1.165) is 38.0 Å². The lowest BCUT2D eigenvalue weighted by Gasteiger charge is -2.25. The SMILES string of the molecule is CCCN(CC1CCCN1)C(=O)Cc1ccc(F)cc1. The second-order valence-electron chi connectivity index (χ2n) is 5.44. The fourth-order valence-corrected chi connectivity index (χ4v) is 2.65. The summed E-state index contributed by atoms with van der Waals surface area (Å²) in [5.41, 5.74) is 0.872. The van der Waals surface area contributed by atoms with E-state index in [9.17, 15) is 9.18 Å². The monoisotopic (exact) mass is 278 g/mol. The van der Waals surface area contributed by atoms with E-state index in [1.807, 2.05) is 4.90 Å². The zero-order chi connectivity index (χ0) is 14.4. The number of nitrogens with one attached hydrogen (secondary N) is 1. The molecule has 0 radical (unpaired) electrons. The molecule has 1 fully saturated rings. The van der Waals surface area contributed by atoms with E-state index in [1.54, 1.807) is 12.1 Å². The van der Waals surface area contributed by atoms with E-state index in [-0.39, 0.29) is 11.7 Å². The first kappa shape index (κ1) is 15.0. The highest BCUT2D eigenvalue weighted by atomic mass is 19.1. The van der Waals surface area contributed by atoms with Gasteiger partial charge >= 0.3 is 0 Å². The van der Waals surface area contributed by atoms with Gasteiger partial charge in [0.15, 0.2) is 0 Å². The van der Waals surface area contributed by atoms with Crippen molar-refractivity contribution in [3.8, 4) is 0 Å². The number of nitrogens with zero attached hydrogens (tertiary/aromatic N) is 1. The fourth-order valence-electron chi connectivity index (χ4n) is 2.65. The molecule has 1 aliphatic heterocycles. The average Bonchev–Trinajstić information content (AvgIpc) is 2.94. The van der Waals surface area contributed by atoms with Gasteiger partial charge in [-0.1, -0.05) is 19.1 Å². The minimum Gasteiger partial charge on any atom is -0.341 e. The Balaban J connectivity index is 1.93. The third-order valence-corrected chi connectivity index (χ3v) is 3.72. The van der Waals surface area contributed by atoms with Crippen LogP contribution in [-0.2, 0) is 11.2 Å². The Labute approximate surface area is 120 Å². The van der Waals surface area contributed by atoms with Crippen molar-refractivity contribution in [2.75, 3.05) is 19.6 Å². The molecule has 1 aromatic carbocycles. The van der Waals surface area contributed by atoms with Crippen molar-refractivity contribution in [2.24, 2.45) is 0 Å². The molecule has 1 unspecified atom stereocenters. The van der Waals surface area contributed by atoms with Gasteiger partial charge in [-0.3, -0.25) is 4.79 Å². The Hall–Kier alpha value is -1.42. The summed E-state index contributed by atoms with van der Waals surface area (Å²) in [5.74, 6) is -0.131. The minimum absolute atomic E-state index is 0.132. The first-order chi connectivity index (χ1) is 9.69. The van der Waals surface area contributed by atoms with Crippen molar-refractivity contribution in [1.82, 2.24) is 10.2 Å². The molecule has 2 rings (SSSR count). The van der Waals surface area contributed by atoms with Gasteiger partial charge in [0.25, 0.3) is 0 Å². The van der Waals surface area contributed by atoms with Gasteiger partial charge in [-0.25, -0.2) is 4.39 Å². The fraction of sp³-hybridized carbons (Fsp3) is 0.562. The van der Waals surface area contributed by atoms with Crippen LogP contribution in [-0.4, -0.2) is 36.5 Å². The maximum Gasteiger partial charge on any atom is 0.227 e. The van der Waals surface area contributed by atoms with Gasteiger partial charge in [0, 0.05) is 19.1 Å². The first-order valence-electron chi connectivity index (χ1n) is 7.44. The zero-order valence-electron chi connectivity index (χ0n) is 12.1. The molecule has 1 atom stereocenters. The van der Waals surface area contributed by atoms with Crippen LogP contribution in [0.5, 0.6) is 0 Å². The molecule has 20 heavy (non-hydrogen) atoms. The molecule has 1 aliphatic rings. The predicted octanol–water partition coefficient (Wildman–Crippen LogP) is 2.36. The number of amides is 1. The average molecular weight is 278 g/mol. The highest BCUT2D eigenvalue weighted by molar-refractivity contribution is 5.78. The van der Waals surface area contributed by atoms with Gasteiger partial charge in [0.1, 0.15) is 5.82 Å². The number of hydrogen-bond donors (Lipinski definition) is 1. The highest BCUT2D eigenvalue weighted by Gasteiger charge is 2.20. The van der Waals surface area contributed by atoms with Crippen LogP contribution < -0.4 is 5.32 Å². The quantitative estimate of drug-likeness (QED) is 0.866. The molecule has 0 saturated carbocycles. The number of benzene rings is 1. The third kappa shape index (κ3) is 4.30. The van der Waals surface area contributed by atoms with Gasteiger partial charge in [0.05, 0.1) is 6.42 Å². The van der Waals surface area contributed by atoms with Crippen molar-refractivity contribution in [3.05, 3.63) is 35.6 Å². The summed E-state index contributed by atoms with van der Waals surface area (Å²) in [7, 11) is 0. The van der Waals surface area contributed by atoms with E-state index in [4.69, 9.17) is 0 Å². The minimum atomic E-state index is -0.262. The van der Waals surface area contributed by atoms with Gasteiger partial charge in [-0.15, -0.1) is 0 Å². The predicted molar refractivity (Wildman–Crippen MR) is 78.0 cm³/mol. The molecule has 0 aromatic heterocycles. The summed E-state index contributed by atoms with van der Waals surface area (Å²) >= 11 is 0. The van der Waals surface area contributed by atoms with E-state index >= 15 is 0 Å². The van der Waals surface area contributed by atoms with Gasteiger partial charge < -0.3 is 10.2 Å². The molecule has 1 amide bonds. The highest BCUT2D eigenvalue weighted by Crippen LogP contribution is 2.10. The molecule has 0 spiro atoms. The number of carbonyl (C=O) groups is 1. The topological polar surface area (TPSA) is 32.3 Å². The van der Waals surface area contributed by atoms with Crippen molar-refractivity contribution >= 4 is 5.91 Å². The Kier molecular flexibility index (Phi) is 5.53. The Bertz CT molecular complexity index is 427. The maximum atomic E-state index is 12.9. The molecule has 110 valence electrons. The molecule has 1 heterocycles. The summed E-state index contributed by atoms with van der Waals surface area (Å²) in [5, 5.41) is 3.43. The number of hydrogen-bond acceptors (Lipinski definition) is 2. The van der Waals surface area contributed by atoms with Crippen LogP contribution in [0.3, 0.4) is 0 Å². The lowest BCUT2D eigenvalue weighted by molar-refractivity contribution is -0.130. The van der Waals surface area contributed by atoms with Crippen LogP contribution in [0.2, 0.25) is 0 Å². The molecule has 1 aromatic rings. The van der Waals surface area contributed by atoms with Crippen molar-refractivity contribution in [1.29, 1.82) is 0 Å². The summed E-state index contributed by atoms with van der Waals surface area (Å²) in [6.07, 6.45) is 3.65. The molecule has 0 bridgehead atoms. The lowest BCUT2D eigenvalue weighted by Crippen LogP contribution is -2.42. The van der Waals surface area contributed by atoms with E-state index < -0.39 is 0 Å². The van der Waals surface area contributed by atoms with E-state index in [2.05, 4.69) is 12.2 Å². The summed E-state index contributed by atoms with van der Waals surface area (Å²) in [6, 6.07) is 6.62. The molecule has 4 heteroatoms. The Morgan fingerprint density at radius 1 is 1.40 bits per heavy atom. The molecular formula is C16H23FN2O. The third-order valence-electron chi connectivity index (χ3n) is 3.72. The largest absolute Gasteiger partial charge is 0.341 e. The van der Waals surface area contributed by atoms with Crippen LogP contribution in [0.1, 0.15) is 31.7 Å². The summed E-state index contributed by atoms with van der Waals surface area (Å²) in [4.78, 5) is 14.3.